The molecule has 0 radical (unpaired) electrons. The van der Waals surface area contributed by atoms with Crippen molar-refractivity contribution in [1.82, 2.24) is 0 Å². The van der Waals surface area contributed by atoms with Crippen LogP contribution in [-0.2, 0) is 10.0 Å². The number of anilines is 1. The van der Waals surface area contributed by atoms with Gasteiger partial charge >= 0.3 is 0 Å². The molecule has 0 atom stereocenters. The molecule has 0 saturated carbocycles. The summed E-state index contributed by atoms with van der Waals surface area (Å²) in [7, 11) is -3.75. The predicted molar refractivity (Wildman–Crippen MR) is 86.1 cm³/mol. The largest absolute Gasteiger partial charge is 0.288 e. The number of halogens is 4. The van der Waals surface area contributed by atoms with Crippen molar-refractivity contribution < 1.29 is 17.2 Å². The van der Waals surface area contributed by atoms with E-state index in [4.69, 9.17) is 11.6 Å². The smallest absolute Gasteiger partial charge is 0.279 e. The van der Waals surface area contributed by atoms with E-state index < -0.39 is 15.8 Å². The second-order valence-electron chi connectivity index (χ2n) is 3.70. The van der Waals surface area contributed by atoms with Gasteiger partial charge < -0.3 is 0 Å². The van der Waals surface area contributed by atoms with Gasteiger partial charge in [-0.15, -0.1) is 11.3 Å². The Morgan fingerprint density at radius 2 is 1.90 bits per heavy atom. The summed E-state index contributed by atoms with van der Waals surface area (Å²) in [6.07, 6.45) is 0. The third-order valence-corrected chi connectivity index (χ3v) is 7.27. The summed E-state index contributed by atoms with van der Waals surface area (Å²) in [5.74, 6) is -2.52. The van der Waals surface area contributed by atoms with Gasteiger partial charge in [0.25, 0.3) is 15.8 Å². The van der Waals surface area contributed by atoms with E-state index in [1.807, 2.05) is 0 Å². The summed E-state index contributed by atoms with van der Waals surface area (Å²) in [6, 6.07) is 7.02. The second kappa shape index (κ2) is 6.82. The van der Waals surface area contributed by atoms with Gasteiger partial charge in [0, 0.05) is 10.6 Å². The van der Waals surface area contributed by atoms with Gasteiger partial charge in [0.2, 0.25) is 0 Å². The monoisotopic (exact) mass is 433 g/mol. The highest BCUT2D eigenvalue weighted by molar-refractivity contribution is 9.11. The predicted octanol–water partition coefficient (Wildman–Crippen LogP) is 5.28. The first-order valence-corrected chi connectivity index (χ1v) is 9.65. The van der Waals surface area contributed by atoms with Crippen molar-refractivity contribution >= 4 is 66.3 Å². The highest BCUT2D eigenvalue weighted by Gasteiger charge is 2.19. The fourth-order valence-corrected chi connectivity index (χ4v) is 5.32. The van der Waals surface area contributed by atoms with Crippen LogP contribution in [0.4, 0.5) is 14.5 Å². The van der Waals surface area contributed by atoms with Gasteiger partial charge in [-0.1, -0.05) is 23.4 Å². The Morgan fingerprint density at radius 1 is 1.29 bits per heavy atom. The van der Waals surface area contributed by atoms with E-state index >= 15 is 0 Å². The molecule has 2 rings (SSSR count). The van der Waals surface area contributed by atoms with Crippen molar-refractivity contribution in [3.8, 4) is 0 Å². The first kappa shape index (κ1) is 17.0. The maximum absolute atomic E-state index is 12.2. The van der Waals surface area contributed by atoms with Crippen LogP contribution < -0.4 is 4.72 Å². The maximum Gasteiger partial charge on any atom is 0.288 e. The van der Waals surface area contributed by atoms with Crippen molar-refractivity contribution in [2.24, 2.45) is 0 Å². The average Bonchev–Trinajstić information content (AvgIpc) is 2.72. The molecule has 0 spiro atoms. The van der Waals surface area contributed by atoms with Gasteiger partial charge in [-0.05, 0) is 46.3 Å². The minimum absolute atomic E-state index is 0.0606. The van der Waals surface area contributed by atoms with Gasteiger partial charge in [0.05, 0.1) is 8.81 Å². The van der Waals surface area contributed by atoms with Crippen molar-refractivity contribution in [2.75, 3.05) is 4.72 Å². The average molecular weight is 435 g/mol. The maximum atomic E-state index is 12.2. The molecule has 1 heterocycles. The number of hydrogen-bond acceptors (Lipinski definition) is 4. The number of sulfonamides is 1. The Balaban J connectivity index is 2.17. The van der Waals surface area contributed by atoms with Crippen molar-refractivity contribution in [2.45, 2.75) is 14.9 Å². The lowest BCUT2D eigenvalue weighted by molar-refractivity contribution is 0.252. The normalized spacial score (nSPS) is 11.9. The number of nitrogens with one attached hydrogen (secondary N) is 1. The van der Waals surface area contributed by atoms with E-state index in [0.29, 0.717) is 25.5 Å². The van der Waals surface area contributed by atoms with Crippen LogP contribution in [0.3, 0.4) is 0 Å². The fraction of sp³-hybridized carbons (Fsp3) is 0.0909. The van der Waals surface area contributed by atoms with E-state index in [-0.39, 0.29) is 9.90 Å². The topological polar surface area (TPSA) is 46.2 Å². The Morgan fingerprint density at radius 3 is 2.38 bits per heavy atom. The van der Waals surface area contributed by atoms with Gasteiger partial charge in [0.1, 0.15) is 4.21 Å². The zero-order chi connectivity index (χ0) is 15.6. The third kappa shape index (κ3) is 4.56. The van der Waals surface area contributed by atoms with Crippen LogP contribution in [-0.4, -0.2) is 14.2 Å². The van der Waals surface area contributed by atoms with Crippen LogP contribution in [0.2, 0.25) is 5.02 Å². The van der Waals surface area contributed by atoms with E-state index in [0.717, 1.165) is 11.3 Å². The van der Waals surface area contributed by atoms with Crippen LogP contribution in [0.15, 0.2) is 43.2 Å². The zero-order valence-electron chi connectivity index (χ0n) is 10.0. The number of hydrogen-bond donors (Lipinski definition) is 1. The Labute approximate surface area is 141 Å². The molecule has 1 N–H and O–H groups in total. The lowest BCUT2D eigenvalue weighted by Crippen LogP contribution is -2.11. The van der Waals surface area contributed by atoms with E-state index in [1.54, 1.807) is 0 Å². The van der Waals surface area contributed by atoms with E-state index in [2.05, 4.69) is 20.7 Å². The first-order chi connectivity index (χ1) is 9.78. The molecule has 3 nitrogen and oxygen atoms in total. The van der Waals surface area contributed by atoms with E-state index in [9.17, 15) is 17.2 Å². The molecule has 21 heavy (non-hydrogen) atoms. The zero-order valence-corrected chi connectivity index (χ0v) is 14.8. The molecule has 1 aromatic heterocycles. The Kier molecular flexibility index (Phi) is 5.53. The molecule has 0 fully saturated rings. The van der Waals surface area contributed by atoms with Gasteiger partial charge in [0.15, 0.2) is 0 Å². The van der Waals surface area contributed by atoms with Crippen molar-refractivity contribution in [3.05, 3.63) is 39.1 Å². The summed E-state index contributed by atoms with van der Waals surface area (Å²) in [6.45, 7) is 0. The van der Waals surface area contributed by atoms with Crippen LogP contribution in [0.1, 0.15) is 0 Å². The summed E-state index contributed by atoms with van der Waals surface area (Å²) in [4.78, 5) is 0.356. The fourth-order valence-electron chi connectivity index (χ4n) is 1.37. The molecule has 0 aliphatic rings. The molecule has 2 aromatic rings. The van der Waals surface area contributed by atoms with E-state index in [1.165, 1.54) is 30.3 Å². The van der Waals surface area contributed by atoms with Gasteiger partial charge in [-0.2, -0.15) is 8.78 Å². The quantitative estimate of drug-likeness (QED) is 0.651. The number of benzene rings is 1. The molecule has 0 bridgehead atoms. The molecule has 1 aromatic carbocycles. The van der Waals surface area contributed by atoms with Crippen LogP contribution in [0.25, 0.3) is 0 Å². The first-order valence-electron chi connectivity index (χ1n) is 5.30. The second-order valence-corrected chi connectivity index (χ2v) is 9.45. The highest BCUT2D eigenvalue weighted by atomic mass is 79.9. The van der Waals surface area contributed by atoms with Gasteiger partial charge in [-0.3, -0.25) is 4.72 Å². The Bertz CT molecular complexity index is 715. The van der Waals surface area contributed by atoms with Gasteiger partial charge in [-0.25, -0.2) is 8.42 Å². The lowest BCUT2D eigenvalue weighted by atomic mass is 10.3. The number of alkyl halides is 2. The summed E-state index contributed by atoms with van der Waals surface area (Å²) in [5.41, 5.74) is 0.286. The SMILES string of the molecule is O=S(=O)(Nc1ccc(SC(F)F)cc1)c1cc(Cl)c(Br)s1. The molecular weight excluding hydrogens is 428 g/mol. The van der Waals surface area contributed by atoms with Crippen molar-refractivity contribution in [1.29, 1.82) is 0 Å². The molecule has 10 heteroatoms. The summed E-state index contributed by atoms with van der Waals surface area (Å²) < 4.78 is 51.6. The molecule has 114 valence electrons. The minimum atomic E-state index is -3.75. The van der Waals surface area contributed by atoms with Crippen molar-refractivity contribution in [3.63, 3.8) is 0 Å². The Hall–Kier alpha value is -0.350. The molecule has 0 saturated heterocycles. The van der Waals surface area contributed by atoms with Crippen LogP contribution >= 0.6 is 50.6 Å². The molecular formula is C11H7BrClF2NO2S3. The molecule has 0 aliphatic heterocycles. The number of rotatable bonds is 5. The summed E-state index contributed by atoms with van der Waals surface area (Å²) >= 11 is 10.3. The van der Waals surface area contributed by atoms with Crippen LogP contribution in [0.5, 0.6) is 0 Å². The lowest BCUT2D eigenvalue weighted by Gasteiger charge is -2.07. The minimum Gasteiger partial charge on any atom is -0.279 e. The number of thiophene rings is 1. The van der Waals surface area contributed by atoms with Crippen LogP contribution in [0, 0.1) is 0 Å². The number of thioether (sulfide) groups is 1. The third-order valence-electron chi connectivity index (χ3n) is 2.22. The molecule has 0 amide bonds. The molecule has 0 unspecified atom stereocenters. The molecule has 0 aliphatic carbocycles. The highest BCUT2D eigenvalue weighted by Crippen LogP contribution is 2.35. The standard InChI is InChI=1S/C11H7BrClF2NO2S3/c12-10-8(13)5-9(20-10)21(17,18)16-6-1-3-7(4-2-6)19-11(14)15/h1-5,11,16H. The summed E-state index contributed by atoms with van der Waals surface area (Å²) in [5, 5.41) is 0.309.